The first-order valence-electron chi connectivity index (χ1n) is 5.57. The average molecular weight is 298 g/mol. The zero-order valence-corrected chi connectivity index (χ0v) is 10.3. The zero-order valence-electron chi connectivity index (χ0n) is 10.3. The topological polar surface area (TPSA) is 93.2 Å². The predicted molar refractivity (Wildman–Crippen MR) is 60.6 cm³/mol. The summed E-state index contributed by atoms with van der Waals surface area (Å²) in [5.74, 6) is -0.845. The van der Waals surface area contributed by atoms with Gasteiger partial charge in [0.05, 0.1) is 18.3 Å². The lowest BCUT2D eigenvalue weighted by Gasteiger charge is -2.30. The molecule has 0 aromatic carbocycles. The van der Waals surface area contributed by atoms with E-state index in [1.54, 1.807) is 0 Å². The number of alkyl halides is 4. The lowest BCUT2D eigenvalue weighted by atomic mass is 10.0. The Balaban J connectivity index is 2.85. The van der Waals surface area contributed by atoms with E-state index in [-0.39, 0.29) is 12.1 Å². The zero-order chi connectivity index (χ0) is 15.4. The predicted octanol–water partition coefficient (Wildman–Crippen LogP) is -0.166. The molecule has 0 aliphatic rings. The molecule has 0 aliphatic heterocycles. The Morgan fingerprint density at radius 2 is 2.15 bits per heavy atom. The van der Waals surface area contributed by atoms with Gasteiger partial charge in [-0.25, -0.2) is 4.39 Å². The maximum atomic E-state index is 12.9. The van der Waals surface area contributed by atoms with Gasteiger partial charge >= 0.3 is 6.18 Å². The van der Waals surface area contributed by atoms with Crippen LogP contribution < -0.4 is 11.1 Å². The number of primary amides is 1. The Morgan fingerprint density at radius 1 is 1.50 bits per heavy atom. The van der Waals surface area contributed by atoms with Crippen LogP contribution in [0.2, 0.25) is 0 Å². The molecule has 0 spiro atoms. The molecule has 0 aliphatic carbocycles. The molecular formula is C10H14F4N4O2. The summed E-state index contributed by atoms with van der Waals surface area (Å²) in [6.07, 6.45) is -2.96. The van der Waals surface area contributed by atoms with Crippen molar-refractivity contribution in [3.63, 3.8) is 0 Å². The van der Waals surface area contributed by atoms with Crippen LogP contribution in [0.3, 0.4) is 0 Å². The highest BCUT2D eigenvalue weighted by molar-refractivity contribution is 5.92. The maximum absolute atomic E-state index is 12.9. The van der Waals surface area contributed by atoms with Gasteiger partial charge in [-0.3, -0.25) is 9.48 Å². The van der Waals surface area contributed by atoms with E-state index in [0.29, 0.717) is 0 Å². The number of aromatic nitrogens is 2. The standard InChI is InChI=1S/C10H14F4N4O2/c11-1-2-16-5-9(20,10(12,13)14)6-18-4-7(3-17-18)8(15)19/h3-4,16,20H,1-2,5-6H2,(H2,15,19). The van der Waals surface area contributed by atoms with E-state index in [9.17, 15) is 27.5 Å². The molecule has 0 saturated heterocycles. The number of halogens is 4. The summed E-state index contributed by atoms with van der Waals surface area (Å²) in [7, 11) is 0. The molecule has 0 radical (unpaired) electrons. The van der Waals surface area contributed by atoms with E-state index < -0.39 is 37.4 Å². The molecule has 0 saturated carbocycles. The third kappa shape index (κ3) is 3.90. The summed E-state index contributed by atoms with van der Waals surface area (Å²) in [4.78, 5) is 10.8. The number of hydrogen-bond donors (Lipinski definition) is 3. The Labute approximate surface area is 111 Å². The number of carbonyl (C=O) groups excluding carboxylic acids is 1. The Hall–Kier alpha value is -1.68. The highest BCUT2D eigenvalue weighted by Crippen LogP contribution is 2.31. The largest absolute Gasteiger partial charge is 0.420 e. The van der Waals surface area contributed by atoms with Gasteiger partial charge in [-0.2, -0.15) is 18.3 Å². The Morgan fingerprint density at radius 3 is 2.60 bits per heavy atom. The molecule has 0 bridgehead atoms. The summed E-state index contributed by atoms with van der Waals surface area (Å²) in [6, 6.07) is 0. The molecule has 20 heavy (non-hydrogen) atoms. The van der Waals surface area contributed by atoms with E-state index >= 15 is 0 Å². The second-order valence-corrected chi connectivity index (χ2v) is 4.19. The second kappa shape index (κ2) is 6.18. The Bertz CT molecular complexity index is 462. The van der Waals surface area contributed by atoms with Crippen molar-refractivity contribution in [2.24, 2.45) is 5.73 Å². The van der Waals surface area contributed by atoms with Crippen molar-refractivity contribution in [2.45, 2.75) is 18.3 Å². The summed E-state index contributed by atoms with van der Waals surface area (Å²) < 4.78 is 51.2. The van der Waals surface area contributed by atoms with Gasteiger partial charge in [0, 0.05) is 19.3 Å². The molecule has 1 aromatic rings. The first-order valence-corrected chi connectivity index (χ1v) is 5.57. The number of amides is 1. The van der Waals surface area contributed by atoms with Crippen molar-refractivity contribution in [1.29, 1.82) is 0 Å². The van der Waals surface area contributed by atoms with Crippen LogP contribution in [0, 0.1) is 0 Å². The Kier molecular flexibility index (Phi) is 5.06. The smallest absolute Gasteiger partial charge is 0.378 e. The molecule has 1 unspecified atom stereocenters. The molecule has 1 amide bonds. The third-order valence-electron chi connectivity index (χ3n) is 2.56. The van der Waals surface area contributed by atoms with Crippen molar-refractivity contribution in [3.8, 4) is 0 Å². The van der Waals surface area contributed by atoms with Gasteiger partial charge in [0.25, 0.3) is 5.91 Å². The van der Waals surface area contributed by atoms with Crippen molar-refractivity contribution in [2.75, 3.05) is 19.8 Å². The SMILES string of the molecule is NC(=O)c1cnn(CC(O)(CNCCF)C(F)(F)F)c1. The van der Waals surface area contributed by atoms with Crippen LogP contribution in [0.4, 0.5) is 17.6 Å². The fourth-order valence-electron chi connectivity index (χ4n) is 1.45. The number of carbonyl (C=O) groups is 1. The quantitative estimate of drug-likeness (QED) is 0.481. The molecule has 1 rings (SSSR count). The van der Waals surface area contributed by atoms with E-state index in [2.05, 4.69) is 10.4 Å². The number of rotatable bonds is 7. The summed E-state index contributed by atoms with van der Waals surface area (Å²) >= 11 is 0. The highest BCUT2D eigenvalue weighted by atomic mass is 19.4. The van der Waals surface area contributed by atoms with Crippen LogP contribution >= 0.6 is 0 Å². The molecule has 1 heterocycles. The van der Waals surface area contributed by atoms with Crippen LogP contribution in [0.25, 0.3) is 0 Å². The number of aliphatic hydroxyl groups is 1. The van der Waals surface area contributed by atoms with Gasteiger partial charge in [0.15, 0.2) is 5.60 Å². The van der Waals surface area contributed by atoms with E-state index in [1.807, 2.05) is 0 Å². The number of hydrogen-bond acceptors (Lipinski definition) is 4. The van der Waals surface area contributed by atoms with E-state index in [4.69, 9.17) is 5.73 Å². The van der Waals surface area contributed by atoms with Gasteiger partial charge in [0.1, 0.15) is 6.67 Å². The van der Waals surface area contributed by atoms with Crippen LogP contribution in [-0.4, -0.2) is 52.3 Å². The van der Waals surface area contributed by atoms with Gasteiger partial charge in [-0.15, -0.1) is 0 Å². The lowest BCUT2D eigenvalue weighted by Crippen LogP contribution is -2.55. The molecule has 0 fully saturated rings. The van der Waals surface area contributed by atoms with Gasteiger partial charge in [-0.05, 0) is 0 Å². The first kappa shape index (κ1) is 16.4. The van der Waals surface area contributed by atoms with Crippen LogP contribution in [0.5, 0.6) is 0 Å². The normalized spacial score (nSPS) is 15.1. The first-order chi connectivity index (χ1) is 9.19. The minimum Gasteiger partial charge on any atom is -0.378 e. The van der Waals surface area contributed by atoms with Gasteiger partial charge < -0.3 is 16.2 Å². The van der Waals surface area contributed by atoms with Crippen LogP contribution in [-0.2, 0) is 6.54 Å². The van der Waals surface area contributed by atoms with E-state index in [0.717, 1.165) is 17.1 Å². The van der Waals surface area contributed by atoms with Gasteiger partial charge in [0.2, 0.25) is 0 Å². The second-order valence-electron chi connectivity index (χ2n) is 4.19. The van der Waals surface area contributed by atoms with Gasteiger partial charge in [-0.1, -0.05) is 0 Å². The highest BCUT2D eigenvalue weighted by Gasteiger charge is 2.53. The van der Waals surface area contributed by atoms with Crippen molar-refractivity contribution in [3.05, 3.63) is 18.0 Å². The minimum absolute atomic E-state index is 0.0776. The third-order valence-corrected chi connectivity index (χ3v) is 2.56. The van der Waals surface area contributed by atoms with Crippen molar-refractivity contribution in [1.82, 2.24) is 15.1 Å². The fourth-order valence-corrected chi connectivity index (χ4v) is 1.45. The summed E-state index contributed by atoms with van der Waals surface area (Å²) in [6.45, 7) is -3.01. The fraction of sp³-hybridized carbons (Fsp3) is 0.600. The number of nitrogens with two attached hydrogens (primary N) is 1. The molecule has 1 atom stereocenters. The van der Waals surface area contributed by atoms with Crippen molar-refractivity contribution >= 4 is 5.91 Å². The molecular weight excluding hydrogens is 284 g/mol. The average Bonchev–Trinajstić information content (AvgIpc) is 2.76. The van der Waals surface area contributed by atoms with E-state index in [1.165, 1.54) is 0 Å². The monoisotopic (exact) mass is 298 g/mol. The molecule has 1 aromatic heterocycles. The summed E-state index contributed by atoms with van der Waals surface area (Å²) in [5, 5.41) is 15.4. The van der Waals surface area contributed by atoms with Crippen molar-refractivity contribution < 1.29 is 27.5 Å². The maximum Gasteiger partial charge on any atom is 0.420 e. The molecule has 114 valence electrons. The molecule has 4 N–H and O–H groups in total. The summed E-state index contributed by atoms with van der Waals surface area (Å²) in [5.41, 5.74) is 1.73. The van der Waals surface area contributed by atoms with Crippen LogP contribution in [0.15, 0.2) is 12.4 Å². The number of nitrogens with one attached hydrogen (secondary N) is 1. The molecule has 6 nitrogen and oxygen atoms in total. The lowest BCUT2D eigenvalue weighted by molar-refractivity contribution is -0.263. The molecule has 10 heteroatoms. The minimum atomic E-state index is -4.95. The number of nitrogens with zero attached hydrogens (tertiary/aromatic N) is 2. The van der Waals surface area contributed by atoms with Crippen LogP contribution in [0.1, 0.15) is 10.4 Å².